The van der Waals surface area contributed by atoms with E-state index >= 15 is 0 Å². The molecule has 1 N–H and O–H groups in total. The summed E-state index contributed by atoms with van der Waals surface area (Å²) in [5.41, 5.74) is 1.42. The van der Waals surface area contributed by atoms with Crippen LogP contribution in [-0.4, -0.2) is 37.4 Å². The molecule has 6 heteroatoms. The monoisotopic (exact) mass is 321 g/mol. The van der Waals surface area contributed by atoms with Crippen LogP contribution >= 0.6 is 0 Å². The Morgan fingerprint density at radius 3 is 2.74 bits per heavy atom. The number of fused-ring (bicyclic) bond motifs is 1. The van der Waals surface area contributed by atoms with Crippen LogP contribution in [0.25, 0.3) is 0 Å². The van der Waals surface area contributed by atoms with E-state index in [9.17, 15) is 9.59 Å². The van der Waals surface area contributed by atoms with Crippen molar-refractivity contribution in [3.8, 4) is 5.75 Å². The Balaban J connectivity index is 2.07. The molecular weight excluding hydrogens is 298 g/mol. The van der Waals surface area contributed by atoms with Gasteiger partial charge in [-0.05, 0) is 38.0 Å². The largest absolute Gasteiger partial charge is 0.493 e. The average molecular weight is 321 g/mol. The molecule has 1 heterocycles. The Hall–Kier alpha value is -2.24. The Kier molecular flexibility index (Phi) is 5.13. The van der Waals surface area contributed by atoms with Crippen LogP contribution in [0, 0.1) is 0 Å². The van der Waals surface area contributed by atoms with E-state index in [0.717, 1.165) is 23.3 Å². The maximum Gasteiger partial charge on any atom is 0.408 e. The molecule has 1 aromatic rings. The normalized spacial score (nSPS) is 14.4. The van der Waals surface area contributed by atoms with E-state index < -0.39 is 23.7 Å². The van der Waals surface area contributed by atoms with Crippen molar-refractivity contribution < 1.29 is 23.8 Å². The van der Waals surface area contributed by atoms with Crippen molar-refractivity contribution in [3.05, 3.63) is 29.3 Å². The van der Waals surface area contributed by atoms with Crippen LogP contribution in [0.3, 0.4) is 0 Å². The topological polar surface area (TPSA) is 73.9 Å². The molecule has 0 fully saturated rings. The van der Waals surface area contributed by atoms with Crippen LogP contribution in [0.15, 0.2) is 18.2 Å². The van der Waals surface area contributed by atoms with Gasteiger partial charge in [-0.15, -0.1) is 0 Å². The lowest BCUT2D eigenvalue weighted by atomic mass is 10.0. The summed E-state index contributed by atoms with van der Waals surface area (Å²) in [6.07, 6.45) is 0.544. The second-order valence-electron chi connectivity index (χ2n) is 6.47. The minimum atomic E-state index is -0.796. The molecule has 6 nitrogen and oxygen atoms in total. The number of hydrogen-bond donors (Lipinski definition) is 1. The number of amides is 1. The molecule has 126 valence electrons. The molecule has 1 aliphatic rings. The number of ether oxygens (including phenoxy) is 3. The first kappa shape index (κ1) is 17.1. The maximum absolute atomic E-state index is 11.9. The molecule has 1 aromatic carbocycles. The predicted octanol–water partition coefficient (Wildman–Crippen LogP) is 2.23. The third kappa shape index (κ3) is 4.87. The number of nitrogens with one attached hydrogen (secondary N) is 1. The number of carbonyl (C=O) groups excluding carboxylic acids is 2. The summed E-state index contributed by atoms with van der Waals surface area (Å²) in [7, 11) is 1.29. The Bertz CT molecular complexity index is 591. The second-order valence-corrected chi connectivity index (χ2v) is 6.47. The number of esters is 1. The van der Waals surface area contributed by atoms with Crippen molar-refractivity contribution in [2.24, 2.45) is 0 Å². The highest BCUT2D eigenvalue weighted by atomic mass is 16.6. The van der Waals surface area contributed by atoms with Gasteiger partial charge in [0.25, 0.3) is 0 Å². The van der Waals surface area contributed by atoms with Gasteiger partial charge in [0.15, 0.2) is 0 Å². The third-order valence-corrected chi connectivity index (χ3v) is 3.37. The van der Waals surface area contributed by atoms with Crippen molar-refractivity contribution in [2.45, 2.75) is 45.3 Å². The fourth-order valence-corrected chi connectivity index (χ4v) is 2.39. The first-order valence-corrected chi connectivity index (χ1v) is 7.60. The zero-order chi connectivity index (χ0) is 17.0. The first-order chi connectivity index (χ1) is 10.8. The number of hydrogen-bond acceptors (Lipinski definition) is 5. The lowest BCUT2D eigenvalue weighted by Crippen LogP contribution is -2.45. The average Bonchev–Trinajstić information content (AvgIpc) is 2.91. The van der Waals surface area contributed by atoms with E-state index in [1.165, 1.54) is 7.11 Å². The van der Waals surface area contributed by atoms with E-state index in [-0.39, 0.29) is 0 Å². The Morgan fingerprint density at radius 1 is 1.35 bits per heavy atom. The standard InChI is InChI=1S/C17H23NO5/c1-17(2,3)23-16(20)18-13(15(19)21-4)10-11-5-6-14-12(9-11)7-8-22-14/h5-6,9,13H,7-8,10H2,1-4H3,(H,18,20)/t13-/m0/s1. The smallest absolute Gasteiger partial charge is 0.408 e. The van der Waals surface area contributed by atoms with Crippen molar-refractivity contribution in [2.75, 3.05) is 13.7 Å². The summed E-state index contributed by atoms with van der Waals surface area (Å²) in [6, 6.07) is 4.97. The zero-order valence-electron chi connectivity index (χ0n) is 14.0. The Labute approximate surface area is 136 Å². The highest BCUT2D eigenvalue weighted by Gasteiger charge is 2.25. The highest BCUT2D eigenvalue weighted by molar-refractivity contribution is 5.81. The number of methoxy groups -OCH3 is 1. The van der Waals surface area contributed by atoms with Gasteiger partial charge in [-0.2, -0.15) is 0 Å². The summed E-state index contributed by atoms with van der Waals surface area (Å²) in [6.45, 7) is 5.97. The first-order valence-electron chi connectivity index (χ1n) is 7.60. The maximum atomic E-state index is 11.9. The third-order valence-electron chi connectivity index (χ3n) is 3.37. The molecule has 0 bridgehead atoms. The predicted molar refractivity (Wildman–Crippen MR) is 84.5 cm³/mol. The van der Waals surface area contributed by atoms with E-state index in [0.29, 0.717) is 13.0 Å². The van der Waals surface area contributed by atoms with E-state index in [2.05, 4.69) is 5.32 Å². The van der Waals surface area contributed by atoms with Gasteiger partial charge >= 0.3 is 12.1 Å². The Morgan fingerprint density at radius 2 is 2.09 bits per heavy atom. The fourth-order valence-electron chi connectivity index (χ4n) is 2.39. The van der Waals surface area contributed by atoms with Gasteiger partial charge in [0.1, 0.15) is 17.4 Å². The van der Waals surface area contributed by atoms with E-state index in [1.54, 1.807) is 20.8 Å². The summed E-state index contributed by atoms with van der Waals surface area (Å²) < 4.78 is 15.4. The molecule has 23 heavy (non-hydrogen) atoms. The van der Waals surface area contributed by atoms with Crippen molar-refractivity contribution in [1.82, 2.24) is 5.32 Å². The highest BCUT2D eigenvalue weighted by Crippen LogP contribution is 2.26. The van der Waals surface area contributed by atoms with E-state index in [4.69, 9.17) is 14.2 Å². The molecule has 0 saturated heterocycles. The van der Waals surface area contributed by atoms with Crippen molar-refractivity contribution in [1.29, 1.82) is 0 Å². The minimum absolute atomic E-state index is 0.333. The molecule has 0 spiro atoms. The minimum Gasteiger partial charge on any atom is -0.493 e. The van der Waals surface area contributed by atoms with Gasteiger partial charge in [-0.1, -0.05) is 12.1 Å². The summed E-state index contributed by atoms with van der Waals surface area (Å²) in [5, 5.41) is 2.57. The van der Waals surface area contributed by atoms with Gasteiger partial charge in [-0.25, -0.2) is 9.59 Å². The van der Waals surface area contributed by atoms with Gasteiger partial charge < -0.3 is 19.5 Å². The molecule has 1 amide bonds. The second kappa shape index (κ2) is 6.89. The summed E-state index contributed by atoms with van der Waals surface area (Å²) in [4.78, 5) is 23.8. The number of benzene rings is 1. The van der Waals surface area contributed by atoms with Crippen LogP contribution in [0.5, 0.6) is 5.75 Å². The molecule has 1 aliphatic heterocycles. The molecule has 0 unspecified atom stereocenters. The molecule has 2 rings (SSSR count). The van der Waals surface area contributed by atoms with Crippen LogP contribution in [0.2, 0.25) is 0 Å². The van der Waals surface area contributed by atoms with Crippen molar-refractivity contribution >= 4 is 12.1 Å². The number of alkyl carbamates (subject to hydrolysis) is 1. The van der Waals surface area contributed by atoms with Gasteiger partial charge in [0.2, 0.25) is 0 Å². The molecule has 0 radical (unpaired) electrons. The molecule has 1 atom stereocenters. The summed E-state index contributed by atoms with van der Waals surface area (Å²) in [5.74, 6) is 0.371. The quantitative estimate of drug-likeness (QED) is 0.861. The van der Waals surface area contributed by atoms with E-state index in [1.807, 2.05) is 18.2 Å². The van der Waals surface area contributed by atoms with Gasteiger partial charge in [0.05, 0.1) is 13.7 Å². The number of rotatable bonds is 4. The molecule has 0 aliphatic carbocycles. The fraction of sp³-hybridized carbons (Fsp3) is 0.529. The van der Waals surface area contributed by atoms with Crippen LogP contribution in [0.1, 0.15) is 31.9 Å². The summed E-state index contributed by atoms with van der Waals surface area (Å²) >= 11 is 0. The number of carbonyl (C=O) groups is 2. The molecular formula is C17H23NO5. The SMILES string of the molecule is COC(=O)[C@H](Cc1ccc2c(c1)CCO2)NC(=O)OC(C)(C)C. The van der Waals surface area contributed by atoms with Crippen LogP contribution in [-0.2, 0) is 27.1 Å². The lowest BCUT2D eigenvalue weighted by molar-refractivity contribution is -0.143. The van der Waals surface area contributed by atoms with Gasteiger partial charge in [-0.3, -0.25) is 0 Å². The van der Waals surface area contributed by atoms with Crippen LogP contribution < -0.4 is 10.1 Å². The van der Waals surface area contributed by atoms with Crippen LogP contribution in [0.4, 0.5) is 4.79 Å². The van der Waals surface area contributed by atoms with Gasteiger partial charge in [0, 0.05) is 12.8 Å². The molecule has 0 aromatic heterocycles. The molecule has 0 saturated carbocycles. The lowest BCUT2D eigenvalue weighted by Gasteiger charge is -2.22. The zero-order valence-corrected chi connectivity index (χ0v) is 14.0. The van der Waals surface area contributed by atoms with Crippen molar-refractivity contribution in [3.63, 3.8) is 0 Å².